The Balaban J connectivity index is 1.44. The lowest BCUT2D eigenvalue weighted by molar-refractivity contribution is -0.126. The Labute approximate surface area is 243 Å². The highest BCUT2D eigenvalue weighted by molar-refractivity contribution is 7.17. The highest BCUT2D eigenvalue weighted by Gasteiger charge is 2.29. The number of nitrogens with zero attached hydrogens (tertiary/aromatic N) is 4. The maximum Gasteiger partial charge on any atom is 0.268 e. The van der Waals surface area contributed by atoms with Crippen LogP contribution < -0.4 is 10.6 Å². The molecule has 0 aliphatic carbocycles. The summed E-state index contributed by atoms with van der Waals surface area (Å²) < 4.78 is 7.35. The molecule has 5 rings (SSSR count). The summed E-state index contributed by atoms with van der Waals surface area (Å²) in [6.45, 7) is 11.7. The largest absolute Gasteiger partial charge is 0.443 e. The maximum atomic E-state index is 13.3. The van der Waals surface area contributed by atoms with Gasteiger partial charge in [-0.15, -0.1) is 11.3 Å². The van der Waals surface area contributed by atoms with Gasteiger partial charge in [-0.3, -0.25) is 14.9 Å². The van der Waals surface area contributed by atoms with Gasteiger partial charge in [-0.1, -0.05) is 33.4 Å². The van der Waals surface area contributed by atoms with Gasteiger partial charge in [0.15, 0.2) is 12.2 Å². The zero-order valence-corrected chi connectivity index (χ0v) is 24.4. The third-order valence-corrected chi connectivity index (χ3v) is 8.65. The number of hydrogen-bond donors (Lipinski definition) is 3. The van der Waals surface area contributed by atoms with Gasteiger partial charge >= 0.3 is 0 Å². The molecule has 216 valence electrons. The molecule has 3 N–H and O–H groups in total. The van der Waals surface area contributed by atoms with E-state index in [9.17, 15) is 14.7 Å². The lowest BCUT2D eigenvalue weighted by Gasteiger charge is -2.30. The number of aromatic nitrogens is 3. The minimum atomic E-state index is -0.277. The Bertz CT molecular complexity index is 1530. The van der Waals surface area contributed by atoms with Crippen LogP contribution in [0.15, 0.2) is 60.0 Å². The molecule has 1 aromatic carbocycles. The van der Waals surface area contributed by atoms with Gasteiger partial charge in [-0.25, -0.2) is 9.97 Å². The topological polar surface area (TPSA) is 126 Å². The van der Waals surface area contributed by atoms with Gasteiger partial charge in [0.1, 0.15) is 0 Å². The maximum absolute atomic E-state index is 13.3. The van der Waals surface area contributed by atoms with Crippen LogP contribution in [-0.4, -0.2) is 61.6 Å². The summed E-state index contributed by atoms with van der Waals surface area (Å²) in [5.74, 6) is 0.656. The van der Waals surface area contributed by atoms with Crippen molar-refractivity contribution in [2.24, 2.45) is 5.41 Å². The number of nitrogens with one attached hydrogen (secondary N) is 2. The van der Waals surface area contributed by atoms with E-state index in [2.05, 4.69) is 43.0 Å². The van der Waals surface area contributed by atoms with Gasteiger partial charge in [0.2, 0.25) is 11.9 Å². The molecular formula is C30H36N6O4S. The lowest BCUT2D eigenvalue weighted by atomic mass is 9.87. The molecule has 3 aromatic heterocycles. The molecule has 0 saturated carbocycles. The molecule has 2 atom stereocenters. The molecule has 0 spiro atoms. The molecule has 0 bridgehead atoms. The van der Waals surface area contributed by atoms with Crippen molar-refractivity contribution >= 4 is 40.1 Å². The Morgan fingerprint density at radius 2 is 2.12 bits per heavy atom. The van der Waals surface area contributed by atoms with E-state index in [0.29, 0.717) is 36.2 Å². The van der Waals surface area contributed by atoms with Gasteiger partial charge in [0.25, 0.3) is 5.91 Å². The van der Waals surface area contributed by atoms with Gasteiger partial charge < -0.3 is 24.3 Å². The van der Waals surface area contributed by atoms with Crippen molar-refractivity contribution in [1.29, 1.82) is 0 Å². The number of likely N-dealkylation sites (tertiary alicyclic amines) is 1. The number of aliphatic hydroxyl groups excluding tert-OH is 1. The second-order valence-electron chi connectivity index (χ2n) is 11.4. The molecule has 4 heterocycles. The first-order valence-corrected chi connectivity index (χ1v) is 14.6. The summed E-state index contributed by atoms with van der Waals surface area (Å²) in [7, 11) is 0. The second-order valence-corrected chi connectivity index (χ2v) is 12.5. The number of carbonyl (C=O) groups is 2. The van der Waals surface area contributed by atoms with Crippen molar-refractivity contribution in [3.05, 3.63) is 66.0 Å². The van der Waals surface area contributed by atoms with Crippen LogP contribution in [0.4, 0.5) is 5.95 Å². The molecular weight excluding hydrogens is 540 g/mol. The molecule has 4 aromatic rings. The third-order valence-electron chi connectivity index (χ3n) is 7.55. The molecule has 2 unspecified atom stereocenters. The van der Waals surface area contributed by atoms with Gasteiger partial charge in [0, 0.05) is 25.7 Å². The molecule has 11 heteroatoms. The van der Waals surface area contributed by atoms with Crippen LogP contribution in [0.1, 0.15) is 48.8 Å². The summed E-state index contributed by atoms with van der Waals surface area (Å²) >= 11 is 1.31. The number of rotatable bonds is 10. The quantitative estimate of drug-likeness (QED) is 0.234. The van der Waals surface area contributed by atoms with Gasteiger partial charge in [0.05, 0.1) is 39.6 Å². The Kier molecular flexibility index (Phi) is 8.39. The fourth-order valence-corrected chi connectivity index (χ4v) is 6.04. The first kappa shape index (κ1) is 28.7. The standard InChI is InChI=1S/C30H36N6O4S/c1-5-27(38)35-12-6-7-20(35)16-36-22-9-8-19(14-32-26(17-37)30(2,3)4)13-21(22)33-29(36)34-28(39)25-11-10-24(41-25)23-15-31-18-40-23/h5,8-11,13,15,18,20,26,32,37H,1,6-7,12,14,16-17H2,2-4H3,(H,33,34,39). The highest BCUT2D eigenvalue weighted by Crippen LogP contribution is 2.30. The number of anilines is 1. The average molecular weight is 577 g/mol. The molecule has 0 radical (unpaired) electrons. The summed E-state index contributed by atoms with van der Waals surface area (Å²) in [4.78, 5) is 37.8. The average Bonchev–Trinajstić information content (AvgIpc) is 3.75. The van der Waals surface area contributed by atoms with E-state index in [1.165, 1.54) is 23.8 Å². The van der Waals surface area contributed by atoms with E-state index < -0.39 is 0 Å². The Morgan fingerprint density at radius 3 is 2.83 bits per heavy atom. The molecule has 1 saturated heterocycles. The van der Waals surface area contributed by atoms with Crippen molar-refractivity contribution in [3.63, 3.8) is 0 Å². The van der Waals surface area contributed by atoms with Crippen LogP contribution in [0, 0.1) is 5.41 Å². The number of benzene rings is 1. The van der Waals surface area contributed by atoms with Crippen molar-refractivity contribution in [3.8, 4) is 10.6 Å². The molecule has 10 nitrogen and oxygen atoms in total. The summed E-state index contributed by atoms with van der Waals surface area (Å²) in [6, 6.07) is 9.52. The second kappa shape index (κ2) is 12.0. The van der Waals surface area contributed by atoms with E-state index >= 15 is 0 Å². The van der Waals surface area contributed by atoms with Crippen LogP contribution in [0.3, 0.4) is 0 Å². The van der Waals surface area contributed by atoms with Crippen molar-refractivity contribution in [1.82, 2.24) is 24.8 Å². The molecule has 41 heavy (non-hydrogen) atoms. The number of fused-ring (bicyclic) bond motifs is 1. The smallest absolute Gasteiger partial charge is 0.268 e. The third kappa shape index (κ3) is 6.27. The van der Waals surface area contributed by atoms with Crippen molar-refractivity contribution < 1.29 is 19.1 Å². The van der Waals surface area contributed by atoms with E-state index in [-0.39, 0.29) is 35.9 Å². The van der Waals surface area contributed by atoms with Gasteiger partial charge in [-0.05, 0) is 54.2 Å². The number of oxazole rings is 1. The number of amides is 2. The monoisotopic (exact) mass is 576 g/mol. The summed E-state index contributed by atoms with van der Waals surface area (Å²) in [6.07, 6.45) is 6.09. The zero-order chi connectivity index (χ0) is 29.1. The molecule has 2 amide bonds. The van der Waals surface area contributed by atoms with Crippen LogP contribution in [0.2, 0.25) is 0 Å². The number of aliphatic hydroxyl groups is 1. The number of carbonyl (C=O) groups excluding carboxylic acids is 2. The number of hydrogen-bond acceptors (Lipinski definition) is 8. The van der Waals surface area contributed by atoms with Gasteiger partial charge in [-0.2, -0.15) is 0 Å². The first-order valence-electron chi connectivity index (χ1n) is 13.7. The molecule has 1 fully saturated rings. The normalized spacial score (nSPS) is 16.3. The lowest BCUT2D eigenvalue weighted by Crippen LogP contribution is -2.42. The fraction of sp³-hybridized carbons (Fsp3) is 0.400. The van der Waals surface area contributed by atoms with E-state index in [1.54, 1.807) is 12.3 Å². The minimum absolute atomic E-state index is 0.0354. The number of imidazole rings is 1. The highest BCUT2D eigenvalue weighted by atomic mass is 32.1. The molecule has 1 aliphatic rings. The van der Waals surface area contributed by atoms with Crippen LogP contribution in [0.25, 0.3) is 21.7 Å². The van der Waals surface area contributed by atoms with Crippen LogP contribution in [-0.2, 0) is 17.9 Å². The van der Waals surface area contributed by atoms with E-state index in [4.69, 9.17) is 9.40 Å². The van der Waals surface area contributed by atoms with Crippen molar-refractivity contribution in [2.75, 3.05) is 18.5 Å². The first-order chi connectivity index (χ1) is 19.7. The minimum Gasteiger partial charge on any atom is -0.443 e. The summed E-state index contributed by atoms with van der Waals surface area (Å²) in [5, 5.41) is 16.3. The summed E-state index contributed by atoms with van der Waals surface area (Å²) in [5.41, 5.74) is 2.53. The van der Waals surface area contributed by atoms with E-state index in [0.717, 1.165) is 34.3 Å². The SMILES string of the molecule is C=CC(=O)N1CCCC1Cn1c(NC(=O)c2ccc(-c3cnco3)s2)nc2cc(CNC(CO)C(C)(C)C)ccc21. The zero-order valence-electron chi connectivity index (χ0n) is 23.6. The van der Waals surface area contributed by atoms with E-state index in [1.807, 2.05) is 33.7 Å². The fourth-order valence-electron chi connectivity index (χ4n) is 5.19. The predicted molar refractivity (Wildman–Crippen MR) is 160 cm³/mol. The predicted octanol–water partition coefficient (Wildman–Crippen LogP) is 4.68. The van der Waals surface area contributed by atoms with Crippen LogP contribution >= 0.6 is 11.3 Å². The Morgan fingerprint density at radius 1 is 1.29 bits per heavy atom. The van der Waals surface area contributed by atoms with Crippen molar-refractivity contribution in [2.45, 2.75) is 58.8 Å². The van der Waals surface area contributed by atoms with Crippen LogP contribution in [0.5, 0.6) is 0 Å². The number of thiophene rings is 1. The Hall–Kier alpha value is -3.80. The molecule has 1 aliphatic heterocycles.